The van der Waals surface area contributed by atoms with Gasteiger partial charge >= 0.3 is 0 Å². The Bertz CT molecular complexity index is 1170. The third-order valence-electron chi connectivity index (χ3n) is 5.17. The van der Waals surface area contributed by atoms with Crippen LogP contribution in [0.1, 0.15) is 18.9 Å². The Kier molecular flexibility index (Phi) is 8.93. The lowest BCUT2D eigenvalue weighted by Gasteiger charge is -2.25. The number of sulfonamides is 1. The van der Waals surface area contributed by atoms with E-state index in [4.69, 9.17) is 9.47 Å². The maximum Gasteiger partial charge on any atom is 0.264 e. The van der Waals surface area contributed by atoms with E-state index in [1.165, 1.54) is 19.2 Å². The van der Waals surface area contributed by atoms with Crippen LogP contribution in [0.15, 0.2) is 83.8 Å². The number of aryl methyl sites for hydroxylation is 1. The van der Waals surface area contributed by atoms with Crippen molar-refractivity contribution in [3.05, 3.63) is 84.4 Å². The summed E-state index contributed by atoms with van der Waals surface area (Å²) in [4.78, 5) is 12.9. The molecule has 0 radical (unpaired) electrons. The summed E-state index contributed by atoms with van der Waals surface area (Å²) in [6.45, 7) is 2.63. The van der Waals surface area contributed by atoms with Gasteiger partial charge in [0.25, 0.3) is 10.0 Å². The average molecular weight is 483 g/mol. The molecule has 0 aliphatic rings. The molecule has 0 atom stereocenters. The van der Waals surface area contributed by atoms with E-state index in [0.29, 0.717) is 24.6 Å². The normalized spacial score (nSPS) is 11.0. The van der Waals surface area contributed by atoms with Gasteiger partial charge in [0.1, 0.15) is 18.0 Å². The zero-order chi connectivity index (χ0) is 24.4. The summed E-state index contributed by atoms with van der Waals surface area (Å²) < 4.78 is 38.7. The minimum absolute atomic E-state index is 0.101. The van der Waals surface area contributed by atoms with Crippen LogP contribution in [0.5, 0.6) is 11.5 Å². The molecule has 0 spiro atoms. The van der Waals surface area contributed by atoms with E-state index in [9.17, 15) is 13.2 Å². The van der Waals surface area contributed by atoms with E-state index in [0.717, 1.165) is 28.5 Å². The fraction of sp³-hybridized carbons (Fsp3) is 0.269. The predicted octanol–water partition coefficient (Wildman–Crippen LogP) is 4.04. The summed E-state index contributed by atoms with van der Waals surface area (Å²) in [6, 6.07) is 22.6. The molecule has 0 saturated carbocycles. The molecule has 1 amide bonds. The largest absolute Gasteiger partial charge is 0.495 e. The van der Waals surface area contributed by atoms with E-state index in [1.54, 1.807) is 42.5 Å². The zero-order valence-electron chi connectivity index (χ0n) is 19.4. The highest BCUT2D eigenvalue weighted by Crippen LogP contribution is 2.32. The van der Waals surface area contributed by atoms with Gasteiger partial charge in [0.2, 0.25) is 5.91 Å². The van der Waals surface area contributed by atoms with Crippen molar-refractivity contribution in [1.29, 1.82) is 0 Å². The number of benzene rings is 3. The van der Waals surface area contributed by atoms with Crippen LogP contribution in [0.2, 0.25) is 0 Å². The molecule has 0 aliphatic heterocycles. The quantitative estimate of drug-likeness (QED) is 0.394. The van der Waals surface area contributed by atoms with Gasteiger partial charge in [-0.2, -0.15) is 0 Å². The molecule has 3 rings (SSSR count). The standard InChI is InChI=1S/C26H30N2O5S/c1-3-33-22-17-15-21(16-18-22)10-9-19-27-26(29)20-28(24-13-7-8-14-25(24)32-2)34(30,31)23-11-5-4-6-12-23/h4-8,11-18H,3,9-10,19-20H2,1-2H3,(H,27,29). The number of amides is 1. The van der Waals surface area contributed by atoms with Gasteiger partial charge in [-0.05, 0) is 61.7 Å². The molecule has 3 aromatic carbocycles. The van der Waals surface area contributed by atoms with Crippen molar-refractivity contribution in [2.24, 2.45) is 0 Å². The van der Waals surface area contributed by atoms with E-state index in [-0.39, 0.29) is 11.4 Å². The van der Waals surface area contributed by atoms with Crippen molar-refractivity contribution < 1.29 is 22.7 Å². The van der Waals surface area contributed by atoms with Crippen LogP contribution < -0.4 is 19.1 Å². The van der Waals surface area contributed by atoms with Crippen molar-refractivity contribution in [3.63, 3.8) is 0 Å². The lowest BCUT2D eigenvalue weighted by atomic mass is 10.1. The molecule has 8 heteroatoms. The highest BCUT2D eigenvalue weighted by atomic mass is 32.2. The smallest absolute Gasteiger partial charge is 0.264 e. The molecule has 0 unspecified atom stereocenters. The number of methoxy groups -OCH3 is 1. The van der Waals surface area contributed by atoms with E-state index < -0.39 is 15.9 Å². The first-order valence-corrected chi connectivity index (χ1v) is 12.6. The summed E-state index contributed by atoms with van der Waals surface area (Å²) in [5, 5.41) is 2.84. The Morgan fingerprint density at radius 1 is 0.941 bits per heavy atom. The van der Waals surface area contributed by atoms with E-state index in [1.807, 2.05) is 31.2 Å². The second-order valence-electron chi connectivity index (χ2n) is 7.53. The number of para-hydroxylation sites is 2. The molecule has 3 aromatic rings. The molecule has 1 N–H and O–H groups in total. The van der Waals surface area contributed by atoms with Crippen LogP contribution in [0, 0.1) is 0 Å². The highest BCUT2D eigenvalue weighted by molar-refractivity contribution is 7.92. The van der Waals surface area contributed by atoms with E-state index in [2.05, 4.69) is 5.32 Å². The van der Waals surface area contributed by atoms with Crippen molar-refractivity contribution in [2.45, 2.75) is 24.7 Å². The predicted molar refractivity (Wildman–Crippen MR) is 133 cm³/mol. The Labute approximate surface area is 201 Å². The Morgan fingerprint density at radius 2 is 1.62 bits per heavy atom. The Morgan fingerprint density at radius 3 is 2.29 bits per heavy atom. The van der Waals surface area contributed by atoms with Gasteiger partial charge in [0, 0.05) is 6.54 Å². The molecule has 0 aliphatic carbocycles. The SMILES string of the molecule is CCOc1ccc(CCCNC(=O)CN(c2ccccc2OC)S(=O)(=O)c2ccccc2)cc1. The number of carbonyl (C=O) groups excluding carboxylic acids is 1. The minimum Gasteiger partial charge on any atom is -0.495 e. The fourth-order valence-electron chi connectivity index (χ4n) is 3.48. The van der Waals surface area contributed by atoms with Crippen LogP contribution in [0.25, 0.3) is 0 Å². The number of nitrogens with zero attached hydrogens (tertiary/aromatic N) is 1. The first kappa shape index (κ1) is 25.1. The summed E-state index contributed by atoms with van der Waals surface area (Å²) in [5.41, 5.74) is 1.44. The molecular formula is C26H30N2O5S. The monoisotopic (exact) mass is 482 g/mol. The average Bonchev–Trinajstić information content (AvgIpc) is 2.87. The number of hydrogen-bond acceptors (Lipinski definition) is 5. The maximum absolute atomic E-state index is 13.4. The summed E-state index contributed by atoms with van der Waals surface area (Å²) in [6.07, 6.45) is 1.50. The number of nitrogens with one attached hydrogen (secondary N) is 1. The second kappa shape index (κ2) is 12.1. The van der Waals surface area contributed by atoms with Crippen molar-refractivity contribution >= 4 is 21.6 Å². The molecule has 34 heavy (non-hydrogen) atoms. The van der Waals surface area contributed by atoms with Gasteiger partial charge in [0.15, 0.2) is 0 Å². The van der Waals surface area contributed by atoms with Crippen molar-refractivity contribution in [2.75, 3.05) is 31.1 Å². The Balaban J connectivity index is 1.67. The van der Waals surface area contributed by atoms with E-state index >= 15 is 0 Å². The van der Waals surface area contributed by atoms with Crippen molar-refractivity contribution in [1.82, 2.24) is 5.32 Å². The van der Waals surface area contributed by atoms with Crippen LogP contribution in [0.3, 0.4) is 0 Å². The zero-order valence-corrected chi connectivity index (χ0v) is 20.3. The van der Waals surface area contributed by atoms with Gasteiger partial charge in [-0.3, -0.25) is 9.10 Å². The third kappa shape index (κ3) is 6.51. The van der Waals surface area contributed by atoms with Crippen molar-refractivity contribution in [3.8, 4) is 11.5 Å². The second-order valence-corrected chi connectivity index (χ2v) is 9.39. The van der Waals surface area contributed by atoms with Crippen LogP contribution >= 0.6 is 0 Å². The molecule has 0 saturated heterocycles. The topological polar surface area (TPSA) is 84.9 Å². The van der Waals surface area contributed by atoms with Gasteiger partial charge in [-0.25, -0.2) is 8.42 Å². The lowest BCUT2D eigenvalue weighted by molar-refractivity contribution is -0.119. The maximum atomic E-state index is 13.4. The summed E-state index contributed by atoms with van der Waals surface area (Å²) >= 11 is 0. The van der Waals surface area contributed by atoms with Gasteiger partial charge in [-0.1, -0.05) is 42.5 Å². The van der Waals surface area contributed by atoms with Gasteiger partial charge < -0.3 is 14.8 Å². The molecule has 7 nitrogen and oxygen atoms in total. The lowest BCUT2D eigenvalue weighted by Crippen LogP contribution is -2.41. The highest BCUT2D eigenvalue weighted by Gasteiger charge is 2.29. The van der Waals surface area contributed by atoms with Crippen LogP contribution in [-0.2, 0) is 21.2 Å². The van der Waals surface area contributed by atoms with Crippen LogP contribution in [0.4, 0.5) is 5.69 Å². The first-order chi connectivity index (χ1) is 16.5. The van der Waals surface area contributed by atoms with Gasteiger partial charge in [-0.15, -0.1) is 0 Å². The number of anilines is 1. The molecule has 0 fully saturated rings. The fourth-order valence-corrected chi connectivity index (χ4v) is 4.93. The Hall–Kier alpha value is -3.52. The molecular weight excluding hydrogens is 452 g/mol. The number of carbonyl (C=O) groups is 1. The third-order valence-corrected chi connectivity index (χ3v) is 6.94. The molecule has 0 bridgehead atoms. The number of hydrogen-bond donors (Lipinski definition) is 1. The van der Waals surface area contributed by atoms with Crippen LogP contribution in [-0.4, -0.2) is 41.1 Å². The number of ether oxygens (including phenoxy) is 2. The van der Waals surface area contributed by atoms with Gasteiger partial charge in [0.05, 0.1) is 24.3 Å². The molecule has 180 valence electrons. The molecule has 0 heterocycles. The minimum atomic E-state index is -3.98. The first-order valence-electron chi connectivity index (χ1n) is 11.1. The number of rotatable bonds is 12. The molecule has 0 aromatic heterocycles. The summed E-state index contributed by atoms with van der Waals surface area (Å²) in [7, 11) is -2.52. The summed E-state index contributed by atoms with van der Waals surface area (Å²) in [5.74, 6) is 0.804.